The van der Waals surface area contributed by atoms with E-state index in [-0.39, 0.29) is 37.3 Å². The predicted octanol–water partition coefficient (Wildman–Crippen LogP) is 3.64. The van der Waals surface area contributed by atoms with Crippen LogP contribution in [-0.2, 0) is 25.7 Å². The molecule has 0 aliphatic carbocycles. The van der Waals surface area contributed by atoms with Crippen LogP contribution >= 0.6 is 11.6 Å². The highest BCUT2D eigenvalue weighted by molar-refractivity contribution is 6.30. The fraction of sp³-hybridized carbons (Fsp3) is 0.333. The van der Waals surface area contributed by atoms with Crippen LogP contribution in [-0.4, -0.2) is 32.4 Å². The molecule has 1 amide bonds. The molecule has 0 spiro atoms. The Morgan fingerprint density at radius 3 is 2.54 bits per heavy atom. The van der Waals surface area contributed by atoms with Gasteiger partial charge < -0.3 is 10.0 Å². The number of nitrogens with zero attached hydrogens (tertiary/aromatic N) is 3. The maximum atomic E-state index is 13.2. The Balaban J connectivity index is 2.00. The maximum Gasteiger partial charge on any atom is 0.435 e. The van der Waals surface area contributed by atoms with Crippen LogP contribution in [0.15, 0.2) is 24.3 Å². The molecule has 0 fully saturated rings. The summed E-state index contributed by atoms with van der Waals surface area (Å²) in [5.74, 6) is 0. The summed E-state index contributed by atoms with van der Waals surface area (Å²) in [5.41, 5.74) is 0.155. The zero-order chi connectivity index (χ0) is 17.5. The molecule has 5 nitrogen and oxygen atoms in total. The van der Waals surface area contributed by atoms with Crippen LogP contribution < -0.4 is 0 Å². The predicted molar refractivity (Wildman–Crippen MR) is 79.9 cm³/mol. The largest absolute Gasteiger partial charge is 0.465 e. The lowest BCUT2D eigenvalue weighted by molar-refractivity contribution is -0.142. The monoisotopic (exact) mass is 359 g/mol. The van der Waals surface area contributed by atoms with Crippen molar-refractivity contribution in [1.82, 2.24) is 14.7 Å². The molecule has 1 aromatic heterocycles. The third kappa shape index (κ3) is 3.19. The van der Waals surface area contributed by atoms with Crippen molar-refractivity contribution >= 4 is 17.7 Å². The van der Waals surface area contributed by atoms with Gasteiger partial charge in [0.05, 0.1) is 18.8 Å². The summed E-state index contributed by atoms with van der Waals surface area (Å²) in [5, 5.41) is 13.3. The summed E-state index contributed by atoms with van der Waals surface area (Å²) < 4.78 is 40.9. The van der Waals surface area contributed by atoms with E-state index in [1.54, 1.807) is 24.3 Å². The Bertz CT molecular complexity index is 772. The van der Waals surface area contributed by atoms with Gasteiger partial charge in [0.25, 0.3) is 0 Å². The summed E-state index contributed by atoms with van der Waals surface area (Å²) in [6, 6.07) is 6.67. The van der Waals surface area contributed by atoms with Gasteiger partial charge in [0.15, 0.2) is 5.69 Å². The fourth-order valence-corrected chi connectivity index (χ4v) is 2.89. The van der Waals surface area contributed by atoms with E-state index >= 15 is 0 Å². The first-order valence-electron chi connectivity index (χ1n) is 7.14. The molecule has 2 aromatic rings. The highest BCUT2D eigenvalue weighted by Gasteiger charge is 2.40. The average Bonchev–Trinajstić information content (AvgIpc) is 2.87. The van der Waals surface area contributed by atoms with Crippen LogP contribution in [0.4, 0.5) is 18.0 Å². The Morgan fingerprint density at radius 1 is 1.29 bits per heavy atom. The summed E-state index contributed by atoms with van der Waals surface area (Å²) in [6.07, 6.45) is -5.73. The number of fused-ring (bicyclic) bond motifs is 1. The summed E-state index contributed by atoms with van der Waals surface area (Å²) >= 11 is 5.80. The zero-order valence-electron chi connectivity index (χ0n) is 12.3. The fourth-order valence-electron chi connectivity index (χ4n) is 2.76. The number of carboxylic acid groups (broad SMARTS) is 1. The zero-order valence-corrected chi connectivity index (χ0v) is 13.1. The van der Waals surface area contributed by atoms with Gasteiger partial charge in [-0.05, 0) is 24.1 Å². The van der Waals surface area contributed by atoms with Crippen molar-refractivity contribution in [2.75, 3.05) is 6.54 Å². The quantitative estimate of drug-likeness (QED) is 0.890. The Morgan fingerprint density at radius 2 is 1.96 bits per heavy atom. The van der Waals surface area contributed by atoms with E-state index in [0.29, 0.717) is 5.02 Å². The van der Waals surface area contributed by atoms with Gasteiger partial charge in [0, 0.05) is 17.1 Å². The van der Waals surface area contributed by atoms with E-state index < -0.39 is 18.0 Å². The van der Waals surface area contributed by atoms with E-state index in [0.717, 1.165) is 10.5 Å². The van der Waals surface area contributed by atoms with Crippen molar-refractivity contribution in [3.8, 4) is 0 Å². The number of carbonyl (C=O) groups is 1. The molecule has 24 heavy (non-hydrogen) atoms. The van der Waals surface area contributed by atoms with Crippen LogP contribution in [0.2, 0.25) is 5.02 Å². The van der Waals surface area contributed by atoms with E-state index in [1.807, 2.05) is 0 Å². The molecule has 9 heteroatoms. The first kappa shape index (κ1) is 16.6. The Hall–Kier alpha value is -2.22. The molecule has 1 N–H and O–H groups in total. The number of hydrogen-bond donors (Lipinski definition) is 1. The van der Waals surface area contributed by atoms with Crippen molar-refractivity contribution in [3.05, 3.63) is 51.8 Å². The van der Waals surface area contributed by atoms with Crippen molar-refractivity contribution in [2.45, 2.75) is 25.7 Å². The third-order valence-electron chi connectivity index (χ3n) is 3.92. The van der Waals surface area contributed by atoms with Crippen LogP contribution in [0, 0.1) is 0 Å². The van der Waals surface area contributed by atoms with Crippen LogP contribution in [0.25, 0.3) is 0 Å². The number of hydrogen-bond acceptors (Lipinski definition) is 2. The molecule has 1 aromatic carbocycles. The smallest absolute Gasteiger partial charge is 0.435 e. The Labute approximate surface area is 140 Å². The SMILES string of the molecule is O=C(O)N1CCc2c(C(F)(F)F)nn(Cc3ccc(Cl)cc3)c2C1. The van der Waals surface area contributed by atoms with Gasteiger partial charge in [-0.1, -0.05) is 23.7 Å². The van der Waals surface area contributed by atoms with Crippen molar-refractivity contribution in [2.24, 2.45) is 0 Å². The van der Waals surface area contributed by atoms with Gasteiger partial charge in [0.2, 0.25) is 0 Å². The normalized spacial score (nSPS) is 14.6. The van der Waals surface area contributed by atoms with E-state index in [1.165, 1.54) is 4.68 Å². The molecule has 2 heterocycles. The van der Waals surface area contributed by atoms with Gasteiger partial charge in [-0.15, -0.1) is 0 Å². The Kier molecular flexibility index (Phi) is 4.16. The minimum absolute atomic E-state index is 0.00288. The van der Waals surface area contributed by atoms with Gasteiger partial charge in [0.1, 0.15) is 0 Å². The highest BCUT2D eigenvalue weighted by atomic mass is 35.5. The molecule has 0 radical (unpaired) electrons. The lowest BCUT2D eigenvalue weighted by atomic mass is 10.0. The second-order valence-electron chi connectivity index (χ2n) is 5.51. The molecular formula is C15H13ClF3N3O2. The summed E-state index contributed by atoms with van der Waals surface area (Å²) in [7, 11) is 0. The first-order chi connectivity index (χ1) is 11.3. The molecule has 0 bridgehead atoms. The minimum Gasteiger partial charge on any atom is -0.465 e. The lowest BCUT2D eigenvalue weighted by Crippen LogP contribution is -2.36. The molecule has 3 rings (SSSR count). The van der Waals surface area contributed by atoms with Gasteiger partial charge in [-0.3, -0.25) is 4.68 Å². The van der Waals surface area contributed by atoms with E-state index in [4.69, 9.17) is 16.7 Å². The molecular weight excluding hydrogens is 347 g/mol. The highest BCUT2D eigenvalue weighted by Crippen LogP contribution is 2.35. The molecule has 0 atom stereocenters. The number of benzene rings is 1. The van der Waals surface area contributed by atoms with Gasteiger partial charge >= 0.3 is 12.3 Å². The number of amides is 1. The first-order valence-corrected chi connectivity index (χ1v) is 7.51. The number of halogens is 4. The molecule has 1 aliphatic heterocycles. The van der Waals surface area contributed by atoms with Crippen LogP contribution in [0.5, 0.6) is 0 Å². The standard InChI is InChI=1S/C15H13ClF3N3O2/c16-10-3-1-9(2-4-10)7-22-12-8-21(14(23)24)6-5-11(12)13(20-22)15(17,18)19/h1-4H,5-8H2,(H,23,24). The molecule has 0 saturated heterocycles. The molecule has 1 aliphatic rings. The van der Waals surface area contributed by atoms with Crippen LogP contribution in [0.1, 0.15) is 22.5 Å². The molecule has 0 unspecified atom stereocenters. The van der Waals surface area contributed by atoms with E-state index in [9.17, 15) is 18.0 Å². The maximum absolute atomic E-state index is 13.2. The van der Waals surface area contributed by atoms with Crippen molar-refractivity contribution in [1.29, 1.82) is 0 Å². The minimum atomic E-state index is -4.57. The number of alkyl halides is 3. The lowest BCUT2D eigenvalue weighted by Gasteiger charge is -2.25. The van der Waals surface area contributed by atoms with Gasteiger partial charge in [-0.25, -0.2) is 4.79 Å². The van der Waals surface area contributed by atoms with Crippen molar-refractivity contribution in [3.63, 3.8) is 0 Å². The second kappa shape index (κ2) is 6.01. The number of rotatable bonds is 2. The number of aromatic nitrogens is 2. The van der Waals surface area contributed by atoms with Crippen molar-refractivity contribution < 1.29 is 23.1 Å². The topological polar surface area (TPSA) is 58.4 Å². The molecule has 0 saturated carbocycles. The summed E-state index contributed by atoms with van der Waals surface area (Å²) in [6.45, 7) is 0.0302. The van der Waals surface area contributed by atoms with E-state index in [2.05, 4.69) is 5.10 Å². The average molecular weight is 360 g/mol. The second-order valence-corrected chi connectivity index (χ2v) is 5.95. The van der Waals surface area contributed by atoms with Crippen LogP contribution in [0.3, 0.4) is 0 Å². The summed E-state index contributed by atoms with van der Waals surface area (Å²) in [4.78, 5) is 12.2. The van der Waals surface area contributed by atoms with Gasteiger partial charge in [-0.2, -0.15) is 18.3 Å². The molecule has 128 valence electrons. The third-order valence-corrected chi connectivity index (χ3v) is 4.18.